The Morgan fingerprint density at radius 3 is 2.82 bits per heavy atom. The van der Waals surface area contributed by atoms with Gasteiger partial charge in [0.1, 0.15) is 16.3 Å². The van der Waals surface area contributed by atoms with Crippen molar-refractivity contribution in [2.24, 2.45) is 11.8 Å². The Labute approximate surface area is 204 Å². The van der Waals surface area contributed by atoms with Gasteiger partial charge in [-0.1, -0.05) is 0 Å². The zero-order valence-electron chi connectivity index (χ0n) is 19.0. The second kappa shape index (κ2) is 10.1. The average molecular weight is 503 g/mol. The van der Waals surface area contributed by atoms with E-state index in [1.807, 2.05) is 16.5 Å². The number of carbonyl (C=O) groups excluding carboxylic acids is 1. The van der Waals surface area contributed by atoms with E-state index in [0.29, 0.717) is 48.8 Å². The largest absolute Gasteiger partial charge is 0.760 e. The molecule has 1 saturated carbocycles. The van der Waals surface area contributed by atoms with Crippen molar-refractivity contribution in [1.82, 2.24) is 29.2 Å². The van der Waals surface area contributed by atoms with E-state index in [1.54, 1.807) is 28.1 Å². The third-order valence-corrected chi connectivity index (χ3v) is 8.02. The highest BCUT2D eigenvalue weighted by atomic mass is 32.2. The predicted molar refractivity (Wildman–Crippen MR) is 130 cm³/mol. The summed E-state index contributed by atoms with van der Waals surface area (Å²) in [6, 6.07) is 2.05. The van der Waals surface area contributed by atoms with E-state index in [-0.39, 0.29) is 11.9 Å². The van der Waals surface area contributed by atoms with Gasteiger partial charge in [-0.05, 0) is 50.9 Å². The van der Waals surface area contributed by atoms with E-state index in [2.05, 4.69) is 27.0 Å². The first-order valence-electron chi connectivity index (χ1n) is 11.7. The third kappa shape index (κ3) is 5.29. The number of likely N-dealkylation sites (tertiary alicyclic amines) is 1. The zero-order valence-corrected chi connectivity index (χ0v) is 20.6. The summed E-state index contributed by atoms with van der Waals surface area (Å²) in [5.41, 5.74) is 1.20. The van der Waals surface area contributed by atoms with E-state index < -0.39 is 11.3 Å². The molecule has 1 unspecified atom stereocenters. The van der Waals surface area contributed by atoms with Gasteiger partial charge in [0.15, 0.2) is 5.82 Å². The lowest BCUT2D eigenvalue weighted by Crippen LogP contribution is -2.39. The number of nitrogens with zero attached hydrogens (tertiary/aromatic N) is 5. The van der Waals surface area contributed by atoms with Gasteiger partial charge >= 0.3 is 0 Å². The van der Waals surface area contributed by atoms with Crippen LogP contribution in [0.1, 0.15) is 49.5 Å². The molecule has 4 heterocycles. The Morgan fingerprint density at radius 1 is 1.29 bits per heavy atom. The van der Waals surface area contributed by atoms with E-state index in [0.717, 1.165) is 29.7 Å². The quantitative estimate of drug-likeness (QED) is 0.431. The van der Waals surface area contributed by atoms with Crippen LogP contribution in [0.25, 0.3) is 16.2 Å². The van der Waals surface area contributed by atoms with Gasteiger partial charge in [0.05, 0.1) is 11.8 Å². The Bertz CT molecular complexity index is 1180. The molecule has 1 aliphatic carbocycles. The van der Waals surface area contributed by atoms with Gasteiger partial charge in [-0.2, -0.15) is 5.10 Å². The molecule has 5 rings (SSSR count). The van der Waals surface area contributed by atoms with Crippen LogP contribution in [-0.2, 0) is 11.3 Å². The maximum Gasteiger partial charge on any atom is 0.272 e. The summed E-state index contributed by atoms with van der Waals surface area (Å²) in [6.45, 7) is 3.85. The number of piperidine rings is 1. The summed E-state index contributed by atoms with van der Waals surface area (Å²) in [7, 11) is 0. The standard InChI is InChI=1S/C22H29N7O3S2/c1-14(16-2-3-16)25-19-12-18(26-20(27-19)17-13-23-29-10-11-33-22(17)29)21(30)28-8-5-15(6-9-28)4-7-24-34(31)32/h10-16,24H,2-9H2,1H3,(H,31,32)(H,25,26,27)/p-1/t14-/m0/s1. The Balaban J connectivity index is 1.34. The molecule has 12 heteroatoms. The molecule has 2 N–H and O–H groups in total. The SMILES string of the molecule is C[C@H](Nc1cc(C(=O)N2CCC(CCNS(=O)[O-])CC2)nc(-c2cnn3ccsc23)n1)C1CC1. The first kappa shape index (κ1) is 23.3. The lowest BCUT2D eigenvalue weighted by Gasteiger charge is -2.32. The summed E-state index contributed by atoms with van der Waals surface area (Å²) >= 11 is -0.665. The second-order valence-electron chi connectivity index (χ2n) is 9.10. The lowest BCUT2D eigenvalue weighted by molar-refractivity contribution is 0.0681. The summed E-state index contributed by atoms with van der Waals surface area (Å²) in [6.07, 6.45) is 8.54. The molecule has 182 valence electrons. The molecule has 2 aliphatic rings. The van der Waals surface area contributed by atoms with Crippen LogP contribution in [0.5, 0.6) is 0 Å². The van der Waals surface area contributed by atoms with Gasteiger partial charge in [0.2, 0.25) is 0 Å². The van der Waals surface area contributed by atoms with Gasteiger partial charge < -0.3 is 14.8 Å². The van der Waals surface area contributed by atoms with Crippen LogP contribution in [0, 0.1) is 11.8 Å². The van der Waals surface area contributed by atoms with E-state index >= 15 is 0 Å². The number of thiazole rings is 1. The average Bonchev–Trinajstić information content (AvgIpc) is 3.45. The third-order valence-electron chi connectivity index (χ3n) is 6.70. The van der Waals surface area contributed by atoms with Crippen LogP contribution in [0.15, 0.2) is 23.8 Å². The van der Waals surface area contributed by atoms with Crippen molar-refractivity contribution in [3.8, 4) is 11.4 Å². The molecule has 0 bridgehead atoms. The van der Waals surface area contributed by atoms with Gasteiger partial charge in [-0.15, -0.1) is 11.3 Å². The lowest BCUT2D eigenvalue weighted by atomic mass is 9.93. The van der Waals surface area contributed by atoms with Crippen LogP contribution in [0.3, 0.4) is 0 Å². The fourth-order valence-electron chi connectivity index (χ4n) is 4.51. The fraction of sp³-hybridized carbons (Fsp3) is 0.545. The number of amides is 1. The van der Waals surface area contributed by atoms with Gasteiger partial charge in [0.25, 0.3) is 5.91 Å². The number of anilines is 1. The molecule has 34 heavy (non-hydrogen) atoms. The van der Waals surface area contributed by atoms with Gasteiger partial charge in [0, 0.05) is 54.6 Å². The van der Waals surface area contributed by atoms with Gasteiger partial charge in [-0.3, -0.25) is 9.00 Å². The minimum absolute atomic E-state index is 0.0994. The number of hydrogen-bond donors (Lipinski definition) is 2. The highest BCUT2D eigenvalue weighted by molar-refractivity contribution is 7.77. The number of fused-ring (bicyclic) bond motifs is 1. The second-order valence-corrected chi connectivity index (χ2v) is 10.7. The van der Waals surface area contributed by atoms with Crippen molar-refractivity contribution in [2.45, 2.75) is 45.1 Å². The molecular formula is C22H28N7O3S2-. The number of aromatic nitrogens is 4. The molecule has 10 nitrogen and oxygen atoms in total. The normalized spacial score (nSPS) is 18.8. The smallest absolute Gasteiger partial charge is 0.272 e. The first-order chi connectivity index (χ1) is 16.5. The number of nitrogens with one attached hydrogen (secondary N) is 2. The number of hydrogen-bond acceptors (Lipinski definition) is 8. The molecule has 2 fully saturated rings. The highest BCUT2D eigenvalue weighted by Crippen LogP contribution is 2.34. The molecule has 0 aromatic carbocycles. The highest BCUT2D eigenvalue weighted by Gasteiger charge is 2.29. The van der Waals surface area contributed by atoms with Crippen molar-refractivity contribution in [3.05, 3.63) is 29.5 Å². The van der Waals surface area contributed by atoms with E-state index in [9.17, 15) is 13.6 Å². The molecule has 0 spiro atoms. The van der Waals surface area contributed by atoms with Crippen molar-refractivity contribution in [3.63, 3.8) is 0 Å². The van der Waals surface area contributed by atoms with Crippen molar-refractivity contribution < 1.29 is 13.6 Å². The number of carbonyl (C=O) groups is 1. The van der Waals surface area contributed by atoms with Gasteiger partial charge in [-0.25, -0.2) is 19.2 Å². The van der Waals surface area contributed by atoms with E-state index in [4.69, 9.17) is 4.98 Å². The summed E-state index contributed by atoms with van der Waals surface area (Å²) in [5.74, 6) is 2.11. The molecular weight excluding hydrogens is 474 g/mol. The first-order valence-corrected chi connectivity index (χ1v) is 13.6. The Morgan fingerprint density at radius 2 is 2.09 bits per heavy atom. The van der Waals surface area contributed by atoms with Crippen molar-refractivity contribution >= 4 is 39.2 Å². The monoisotopic (exact) mass is 502 g/mol. The maximum absolute atomic E-state index is 13.4. The molecule has 2 atom stereocenters. The van der Waals surface area contributed by atoms with Crippen molar-refractivity contribution in [1.29, 1.82) is 0 Å². The summed E-state index contributed by atoms with van der Waals surface area (Å²) < 4.78 is 25.5. The minimum atomic E-state index is -2.23. The van der Waals surface area contributed by atoms with E-state index in [1.165, 1.54) is 12.8 Å². The van der Waals surface area contributed by atoms with Crippen LogP contribution in [0.2, 0.25) is 0 Å². The summed E-state index contributed by atoms with van der Waals surface area (Å²) in [5, 5.41) is 9.82. The van der Waals surface area contributed by atoms with Crippen LogP contribution >= 0.6 is 11.3 Å². The molecule has 1 amide bonds. The minimum Gasteiger partial charge on any atom is -0.760 e. The number of rotatable bonds is 9. The van der Waals surface area contributed by atoms with Crippen LogP contribution in [-0.4, -0.2) is 64.8 Å². The maximum atomic E-state index is 13.4. The topological polar surface area (TPSA) is 128 Å². The fourth-order valence-corrected chi connectivity index (χ4v) is 5.59. The molecule has 0 radical (unpaired) electrons. The molecule has 3 aromatic rings. The molecule has 3 aromatic heterocycles. The molecule has 1 aliphatic heterocycles. The Kier molecular flexibility index (Phi) is 6.91. The van der Waals surface area contributed by atoms with Crippen LogP contribution < -0.4 is 10.0 Å². The summed E-state index contributed by atoms with van der Waals surface area (Å²) in [4.78, 5) is 25.6. The predicted octanol–water partition coefficient (Wildman–Crippen LogP) is 2.69. The zero-order chi connectivity index (χ0) is 23.7. The van der Waals surface area contributed by atoms with Crippen LogP contribution in [0.4, 0.5) is 5.82 Å². The Hall–Kier alpha value is -2.41. The molecule has 1 saturated heterocycles. The van der Waals surface area contributed by atoms with Crippen molar-refractivity contribution in [2.75, 3.05) is 25.0 Å².